The molecule has 0 aliphatic carbocycles. The van der Waals surface area contributed by atoms with Gasteiger partial charge in [0.05, 0.1) is 4.90 Å². The van der Waals surface area contributed by atoms with Crippen molar-refractivity contribution in [2.75, 3.05) is 11.9 Å². The molecule has 1 aliphatic heterocycles. The number of fused-ring (bicyclic) bond motifs is 1. The fourth-order valence-electron chi connectivity index (χ4n) is 2.73. The molecule has 8 nitrogen and oxygen atoms in total. The maximum atomic E-state index is 12.5. The van der Waals surface area contributed by atoms with Crippen molar-refractivity contribution in [3.63, 3.8) is 0 Å². The van der Waals surface area contributed by atoms with Crippen LogP contribution in [0.4, 0.5) is 5.69 Å². The summed E-state index contributed by atoms with van der Waals surface area (Å²) in [6, 6.07) is 12.1. The van der Waals surface area contributed by atoms with Gasteiger partial charge in [0.2, 0.25) is 5.91 Å². The van der Waals surface area contributed by atoms with Crippen LogP contribution >= 0.6 is 0 Å². The number of carbonyl (C=O) groups excluding carboxylic acids is 2. The van der Waals surface area contributed by atoms with Crippen molar-refractivity contribution < 1.29 is 18.0 Å². The number of rotatable bonds is 5. The van der Waals surface area contributed by atoms with Crippen LogP contribution in [-0.2, 0) is 14.8 Å². The first-order chi connectivity index (χ1) is 13.3. The lowest BCUT2D eigenvalue weighted by atomic mass is 10.1. The van der Waals surface area contributed by atoms with Gasteiger partial charge in [-0.25, -0.2) is 8.42 Å². The predicted octanol–water partition coefficient (Wildman–Crippen LogP) is 1.50. The first-order valence-electron chi connectivity index (χ1n) is 8.71. The van der Waals surface area contributed by atoms with Crippen molar-refractivity contribution in [1.82, 2.24) is 10.0 Å². The molecule has 1 heterocycles. The van der Waals surface area contributed by atoms with Gasteiger partial charge in [-0.05, 0) is 44.2 Å². The first kappa shape index (κ1) is 19.6. The molecule has 0 saturated carbocycles. The number of nitrogens with one attached hydrogen (secondary N) is 3. The molecule has 1 aliphatic rings. The third-order valence-corrected chi connectivity index (χ3v) is 5.49. The van der Waals surface area contributed by atoms with E-state index in [-0.39, 0.29) is 16.6 Å². The van der Waals surface area contributed by atoms with Crippen LogP contribution in [0.15, 0.2) is 58.4 Å². The van der Waals surface area contributed by atoms with E-state index in [2.05, 4.69) is 20.3 Å². The zero-order valence-electron chi connectivity index (χ0n) is 15.4. The molecule has 9 heteroatoms. The lowest BCUT2D eigenvalue weighted by molar-refractivity contribution is -0.117. The molecule has 3 rings (SSSR count). The summed E-state index contributed by atoms with van der Waals surface area (Å²) in [5.74, 6) is -0.526. The number of carbonyl (C=O) groups is 2. The Balaban J connectivity index is 1.77. The largest absolute Gasteiger partial charge is 0.352 e. The first-order valence-corrected chi connectivity index (χ1v) is 10.2. The Morgan fingerprint density at radius 2 is 1.89 bits per heavy atom. The average Bonchev–Trinajstić information content (AvgIpc) is 2.92. The van der Waals surface area contributed by atoms with Crippen LogP contribution in [-0.4, -0.2) is 38.7 Å². The van der Waals surface area contributed by atoms with E-state index >= 15 is 0 Å². The molecule has 2 aromatic rings. The topological polar surface area (TPSA) is 117 Å². The Labute approximate surface area is 163 Å². The minimum absolute atomic E-state index is 0.134. The minimum atomic E-state index is -3.66. The van der Waals surface area contributed by atoms with Crippen molar-refractivity contribution in [3.05, 3.63) is 59.7 Å². The van der Waals surface area contributed by atoms with Crippen LogP contribution in [0.5, 0.6) is 0 Å². The fraction of sp³-hybridized carbons (Fsp3) is 0.211. The number of amides is 2. The minimum Gasteiger partial charge on any atom is -0.352 e. The number of hydrogen-bond donors (Lipinski definition) is 3. The lowest BCUT2D eigenvalue weighted by Gasteiger charge is -2.11. The maximum Gasteiger partial charge on any atom is 0.263 e. The van der Waals surface area contributed by atoms with Crippen molar-refractivity contribution in [1.29, 1.82) is 0 Å². The molecule has 0 bridgehead atoms. The quantitative estimate of drug-likeness (QED) is 0.705. The van der Waals surface area contributed by atoms with Crippen LogP contribution in [0.1, 0.15) is 29.8 Å². The molecule has 0 saturated heterocycles. The molecular formula is C19H20N4O4S. The lowest BCUT2D eigenvalue weighted by Crippen LogP contribution is -2.29. The molecule has 0 spiro atoms. The van der Waals surface area contributed by atoms with E-state index in [1.165, 1.54) is 6.07 Å². The molecule has 1 atom stereocenters. The van der Waals surface area contributed by atoms with Gasteiger partial charge in [-0.2, -0.15) is 0 Å². The maximum absolute atomic E-state index is 12.5. The summed E-state index contributed by atoms with van der Waals surface area (Å²) in [7, 11) is -3.66. The van der Waals surface area contributed by atoms with Gasteiger partial charge >= 0.3 is 0 Å². The molecule has 0 fully saturated rings. The molecule has 146 valence electrons. The van der Waals surface area contributed by atoms with E-state index in [9.17, 15) is 18.0 Å². The summed E-state index contributed by atoms with van der Waals surface area (Å²) < 4.78 is 26.6. The Morgan fingerprint density at radius 3 is 2.64 bits per heavy atom. The third-order valence-electron chi connectivity index (χ3n) is 4.09. The van der Waals surface area contributed by atoms with Crippen molar-refractivity contribution in [2.24, 2.45) is 4.99 Å². The van der Waals surface area contributed by atoms with Crippen LogP contribution < -0.4 is 15.4 Å². The van der Waals surface area contributed by atoms with Crippen LogP contribution in [0.25, 0.3) is 0 Å². The molecule has 0 unspecified atom stereocenters. The highest BCUT2D eigenvalue weighted by atomic mass is 32.2. The van der Waals surface area contributed by atoms with E-state index in [4.69, 9.17) is 0 Å². The van der Waals surface area contributed by atoms with E-state index in [1.54, 1.807) is 49.4 Å². The van der Waals surface area contributed by atoms with Gasteiger partial charge in [-0.1, -0.05) is 18.2 Å². The zero-order valence-corrected chi connectivity index (χ0v) is 16.2. The molecule has 0 radical (unpaired) electrons. The molecule has 0 aromatic heterocycles. The van der Waals surface area contributed by atoms with Gasteiger partial charge in [-0.3, -0.25) is 19.3 Å². The van der Waals surface area contributed by atoms with E-state index < -0.39 is 22.0 Å². The van der Waals surface area contributed by atoms with Crippen LogP contribution in [0, 0.1) is 0 Å². The van der Waals surface area contributed by atoms with E-state index in [1.807, 2.05) is 6.92 Å². The number of sulfonamides is 1. The second-order valence-corrected chi connectivity index (χ2v) is 7.84. The summed E-state index contributed by atoms with van der Waals surface area (Å²) >= 11 is 0. The molecule has 2 amide bonds. The van der Waals surface area contributed by atoms with Gasteiger partial charge in [0, 0.05) is 23.4 Å². The molecule has 3 N–H and O–H groups in total. The van der Waals surface area contributed by atoms with Gasteiger partial charge in [0.25, 0.3) is 15.9 Å². The number of hydrogen-bond acceptors (Lipinski definition) is 5. The summed E-state index contributed by atoms with van der Waals surface area (Å²) in [5.41, 5.74) is 1.31. The Morgan fingerprint density at radius 1 is 1.14 bits per heavy atom. The molecular weight excluding hydrogens is 380 g/mol. The SMILES string of the molecule is CCNC(=O)c1cccc(NC(=O)[C@H](C)N=C2NS(=O)(=O)c3ccccc32)c1. The molecule has 28 heavy (non-hydrogen) atoms. The van der Waals surface area contributed by atoms with Crippen molar-refractivity contribution in [3.8, 4) is 0 Å². The number of nitrogens with zero attached hydrogens (tertiary/aromatic N) is 1. The third kappa shape index (κ3) is 4.04. The summed E-state index contributed by atoms with van der Waals surface area (Å²) in [5, 5.41) is 5.39. The van der Waals surface area contributed by atoms with E-state index in [0.29, 0.717) is 23.4 Å². The second-order valence-electron chi connectivity index (χ2n) is 6.18. The van der Waals surface area contributed by atoms with Gasteiger partial charge in [0.1, 0.15) is 11.9 Å². The van der Waals surface area contributed by atoms with Gasteiger partial charge < -0.3 is 10.6 Å². The molecule has 2 aromatic carbocycles. The Hall–Kier alpha value is -3.20. The van der Waals surface area contributed by atoms with Gasteiger partial charge in [0.15, 0.2) is 0 Å². The van der Waals surface area contributed by atoms with Crippen LogP contribution in [0.3, 0.4) is 0 Å². The number of benzene rings is 2. The van der Waals surface area contributed by atoms with Gasteiger partial charge in [-0.15, -0.1) is 0 Å². The smallest absolute Gasteiger partial charge is 0.263 e. The van der Waals surface area contributed by atoms with Crippen molar-refractivity contribution in [2.45, 2.75) is 24.8 Å². The monoisotopic (exact) mass is 400 g/mol. The summed E-state index contributed by atoms with van der Waals surface area (Å²) in [6.07, 6.45) is 0. The summed E-state index contributed by atoms with van der Waals surface area (Å²) in [4.78, 5) is 28.8. The summed E-state index contributed by atoms with van der Waals surface area (Å²) in [6.45, 7) is 3.88. The number of anilines is 1. The Bertz CT molecular complexity index is 1060. The number of amidine groups is 1. The highest BCUT2D eigenvalue weighted by Gasteiger charge is 2.31. The second kappa shape index (κ2) is 7.81. The van der Waals surface area contributed by atoms with Crippen LogP contribution in [0.2, 0.25) is 0 Å². The number of aliphatic imine (C=N–C) groups is 1. The fourth-order valence-corrected chi connectivity index (χ4v) is 3.97. The standard InChI is InChI=1S/C19H20N4O4S/c1-3-20-19(25)13-7-6-8-14(11-13)22-18(24)12(2)21-17-15-9-4-5-10-16(15)28(26,27)23-17/h4-12H,3H2,1-2H3,(H,20,25)(H,21,23)(H,22,24)/t12-/m0/s1. The predicted molar refractivity (Wildman–Crippen MR) is 106 cm³/mol. The van der Waals surface area contributed by atoms with Crippen molar-refractivity contribution >= 4 is 33.4 Å². The Kier molecular flexibility index (Phi) is 5.46. The average molecular weight is 400 g/mol. The van der Waals surface area contributed by atoms with E-state index in [0.717, 1.165) is 0 Å². The zero-order chi connectivity index (χ0) is 20.3. The highest BCUT2D eigenvalue weighted by molar-refractivity contribution is 7.90. The normalized spacial score (nSPS) is 16.7. The highest BCUT2D eigenvalue weighted by Crippen LogP contribution is 2.22.